The number of ether oxygens (including phenoxy) is 2. The highest BCUT2D eigenvalue weighted by Gasteiger charge is 2.30. The van der Waals surface area contributed by atoms with Crippen LogP contribution in [0.1, 0.15) is 36.8 Å². The van der Waals surface area contributed by atoms with Crippen LogP contribution in [0.5, 0.6) is 5.75 Å². The van der Waals surface area contributed by atoms with Crippen molar-refractivity contribution in [2.75, 3.05) is 25.4 Å². The maximum atomic E-state index is 6.13. The molecule has 2 aliphatic rings. The lowest BCUT2D eigenvalue weighted by molar-refractivity contribution is -0.0347. The van der Waals surface area contributed by atoms with E-state index >= 15 is 0 Å². The highest BCUT2D eigenvalue weighted by atomic mass is 16.5. The highest BCUT2D eigenvalue weighted by molar-refractivity contribution is 5.67. The maximum absolute atomic E-state index is 6.13. The highest BCUT2D eigenvalue weighted by Crippen LogP contribution is 2.36. The van der Waals surface area contributed by atoms with Crippen LogP contribution in [0, 0.1) is 0 Å². The molecule has 2 aliphatic heterocycles. The third kappa shape index (κ3) is 4.24. The zero-order chi connectivity index (χ0) is 21.4. The van der Waals surface area contributed by atoms with Crippen LogP contribution in [0.15, 0.2) is 49.1 Å². The Labute approximate surface area is 182 Å². The predicted molar refractivity (Wildman–Crippen MR) is 118 cm³/mol. The number of hydrogen-bond donors (Lipinski definition) is 1. The molecule has 0 saturated carbocycles. The van der Waals surface area contributed by atoms with Crippen LogP contribution >= 0.6 is 0 Å². The van der Waals surface area contributed by atoms with Gasteiger partial charge in [0.2, 0.25) is 0 Å². The second-order valence-corrected chi connectivity index (χ2v) is 8.87. The largest absolute Gasteiger partial charge is 0.487 e. The second kappa shape index (κ2) is 7.90. The average Bonchev–Trinajstić information content (AvgIpc) is 3.07. The van der Waals surface area contributed by atoms with Crippen molar-refractivity contribution in [1.29, 1.82) is 0 Å². The summed E-state index contributed by atoms with van der Waals surface area (Å²) >= 11 is 0. The number of rotatable bonds is 4. The Kier molecular flexibility index (Phi) is 5.08. The van der Waals surface area contributed by atoms with Crippen LogP contribution in [0.2, 0.25) is 0 Å². The molecule has 0 radical (unpaired) electrons. The quantitative estimate of drug-likeness (QED) is 0.696. The molecule has 31 heavy (non-hydrogen) atoms. The van der Waals surface area contributed by atoms with Gasteiger partial charge in [0.15, 0.2) is 0 Å². The van der Waals surface area contributed by atoms with E-state index in [1.165, 1.54) is 11.1 Å². The van der Waals surface area contributed by atoms with Crippen LogP contribution in [0.25, 0.3) is 11.1 Å². The first-order valence-electron chi connectivity index (χ1n) is 10.6. The number of anilines is 1. The number of aromatic nitrogens is 3. The van der Waals surface area contributed by atoms with Gasteiger partial charge in [-0.3, -0.25) is 4.90 Å². The van der Waals surface area contributed by atoms with Gasteiger partial charge in [0.05, 0.1) is 12.3 Å². The topological polar surface area (TPSA) is 86.4 Å². The predicted octanol–water partition coefficient (Wildman–Crippen LogP) is 3.41. The van der Waals surface area contributed by atoms with Crippen LogP contribution in [0.3, 0.4) is 0 Å². The molecule has 2 aromatic heterocycles. The molecular weight excluding hydrogens is 390 g/mol. The molecule has 2 N–H and O–H groups in total. The van der Waals surface area contributed by atoms with Gasteiger partial charge in [-0.2, -0.15) is 0 Å². The van der Waals surface area contributed by atoms with Crippen LogP contribution in [-0.2, 0) is 17.7 Å². The van der Waals surface area contributed by atoms with E-state index in [-0.39, 0.29) is 11.7 Å². The molecule has 3 aromatic rings. The van der Waals surface area contributed by atoms with Gasteiger partial charge >= 0.3 is 0 Å². The number of fused-ring (bicyclic) bond motifs is 1. The van der Waals surface area contributed by atoms with E-state index in [0.29, 0.717) is 12.4 Å². The summed E-state index contributed by atoms with van der Waals surface area (Å²) < 4.78 is 12.1. The Bertz CT molecular complexity index is 1100. The lowest BCUT2D eigenvalue weighted by Crippen LogP contribution is -2.38. The third-order valence-electron chi connectivity index (χ3n) is 5.82. The first-order valence-corrected chi connectivity index (χ1v) is 10.6. The van der Waals surface area contributed by atoms with E-state index in [4.69, 9.17) is 15.2 Å². The van der Waals surface area contributed by atoms with Crippen molar-refractivity contribution in [2.45, 2.75) is 38.5 Å². The van der Waals surface area contributed by atoms with E-state index in [0.717, 1.165) is 48.6 Å². The van der Waals surface area contributed by atoms with Gasteiger partial charge in [-0.15, -0.1) is 0 Å². The van der Waals surface area contributed by atoms with Crippen molar-refractivity contribution in [3.8, 4) is 16.9 Å². The molecule has 7 nitrogen and oxygen atoms in total. The Hall–Kier alpha value is -3.03. The molecule has 4 heterocycles. The van der Waals surface area contributed by atoms with Gasteiger partial charge in [-0.1, -0.05) is 12.1 Å². The number of nitrogens with two attached hydrogens (primary N) is 1. The van der Waals surface area contributed by atoms with E-state index < -0.39 is 0 Å². The van der Waals surface area contributed by atoms with Gasteiger partial charge in [0, 0.05) is 44.0 Å². The normalized spacial score (nSPS) is 20.3. The van der Waals surface area contributed by atoms with E-state index in [2.05, 4.69) is 51.9 Å². The molecule has 1 atom stereocenters. The monoisotopic (exact) mass is 417 g/mol. The lowest BCUT2D eigenvalue weighted by Gasteiger charge is -2.33. The molecule has 1 fully saturated rings. The average molecular weight is 418 g/mol. The molecule has 5 rings (SSSR count). The Morgan fingerprint density at radius 3 is 2.97 bits per heavy atom. The fourth-order valence-corrected chi connectivity index (χ4v) is 4.46. The number of benzene rings is 1. The molecule has 160 valence electrons. The summed E-state index contributed by atoms with van der Waals surface area (Å²) in [5.74, 6) is 1.48. The summed E-state index contributed by atoms with van der Waals surface area (Å²) in [5.41, 5.74) is 11.1. The molecule has 1 saturated heterocycles. The molecular formula is C24H27N5O2. The number of pyridine rings is 1. The van der Waals surface area contributed by atoms with Gasteiger partial charge in [0.25, 0.3) is 0 Å². The lowest BCUT2D eigenvalue weighted by atomic mass is 9.99. The van der Waals surface area contributed by atoms with Gasteiger partial charge < -0.3 is 15.2 Å². The number of nitrogen functional groups attached to an aromatic ring is 1. The number of nitrogens with zero attached hydrogens (tertiary/aromatic N) is 4. The molecule has 7 heteroatoms. The van der Waals surface area contributed by atoms with Crippen LogP contribution in [-0.4, -0.2) is 45.1 Å². The minimum Gasteiger partial charge on any atom is -0.487 e. The van der Waals surface area contributed by atoms with E-state index in [1.54, 1.807) is 12.5 Å². The SMILES string of the molecule is CC1(C)Cc2cc(CN3CCO[C@H](c4ncncc4-c4ccnc(N)c4)C3)ccc2O1. The van der Waals surface area contributed by atoms with Gasteiger partial charge in [-0.25, -0.2) is 15.0 Å². The first-order chi connectivity index (χ1) is 15.0. The minimum atomic E-state index is -0.127. The Morgan fingerprint density at radius 2 is 2.10 bits per heavy atom. The van der Waals surface area contributed by atoms with Gasteiger partial charge in [-0.05, 0) is 48.7 Å². The molecule has 0 amide bonds. The first kappa shape index (κ1) is 19.9. The van der Waals surface area contributed by atoms with Crippen molar-refractivity contribution < 1.29 is 9.47 Å². The zero-order valence-electron chi connectivity index (χ0n) is 17.9. The van der Waals surface area contributed by atoms with Crippen LogP contribution in [0.4, 0.5) is 5.82 Å². The smallest absolute Gasteiger partial charge is 0.123 e. The fourth-order valence-electron chi connectivity index (χ4n) is 4.46. The summed E-state index contributed by atoms with van der Waals surface area (Å²) in [4.78, 5) is 15.3. The Balaban J connectivity index is 1.34. The molecule has 0 aliphatic carbocycles. The van der Waals surface area contributed by atoms with Crippen LogP contribution < -0.4 is 10.5 Å². The van der Waals surface area contributed by atoms with Crippen molar-refractivity contribution in [1.82, 2.24) is 19.9 Å². The Morgan fingerprint density at radius 1 is 1.19 bits per heavy atom. The van der Waals surface area contributed by atoms with Gasteiger partial charge in [0.1, 0.15) is 29.6 Å². The summed E-state index contributed by atoms with van der Waals surface area (Å²) in [5, 5.41) is 0. The standard InChI is InChI=1S/C24H27N5O2/c1-24(2)11-18-9-16(3-4-20(18)31-24)13-29-7-8-30-21(14-29)23-19(12-26-15-28-23)17-5-6-27-22(25)10-17/h3-6,9-10,12,15,21H,7-8,11,13-14H2,1-2H3,(H2,25,27)/t21-/m0/s1. The maximum Gasteiger partial charge on any atom is 0.123 e. The minimum absolute atomic E-state index is 0.120. The summed E-state index contributed by atoms with van der Waals surface area (Å²) in [6.07, 6.45) is 5.92. The summed E-state index contributed by atoms with van der Waals surface area (Å²) in [6.45, 7) is 7.45. The molecule has 0 unspecified atom stereocenters. The summed E-state index contributed by atoms with van der Waals surface area (Å²) in [7, 11) is 0. The molecule has 0 spiro atoms. The van der Waals surface area contributed by atoms with Crippen molar-refractivity contribution in [3.05, 3.63) is 65.9 Å². The molecule has 0 bridgehead atoms. The van der Waals surface area contributed by atoms with E-state index in [9.17, 15) is 0 Å². The van der Waals surface area contributed by atoms with Crippen molar-refractivity contribution in [3.63, 3.8) is 0 Å². The zero-order valence-corrected chi connectivity index (χ0v) is 17.9. The van der Waals surface area contributed by atoms with Crippen molar-refractivity contribution in [2.24, 2.45) is 0 Å². The second-order valence-electron chi connectivity index (χ2n) is 8.87. The summed E-state index contributed by atoms with van der Waals surface area (Å²) in [6, 6.07) is 10.3. The van der Waals surface area contributed by atoms with E-state index in [1.807, 2.05) is 18.3 Å². The fraction of sp³-hybridized carbons (Fsp3) is 0.375. The number of morpholine rings is 1. The third-order valence-corrected chi connectivity index (χ3v) is 5.82. The molecule has 1 aromatic carbocycles. The number of hydrogen-bond acceptors (Lipinski definition) is 7. The van der Waals surface area contributed by atoms with Crippen molar-refractivity contribution >= 4 is 5.82 Å².